The van der Waals surface area contributed by atoms with Gasteiger partial charge < -0.3 is 0 Å². The predicted molar refractivity (Wildman–Crippen MR) is 104 cm³/mol. The van der Waals surface area contributed by atoms with Gasteiger partial charge in [-0.25, -0.2) is 0 Å². The standard InChI is InChI=1S/C20F44N/c21-1(22,5(29,30)13(45,46)47)9(37,38)17(57,58)65(18(59,60)10(39,40)2(23,24)6(31,32)14(48,49)50,19(61,62)11(41,42)3(25,26)7(33,34)15(51,52)53)20(63,64)12(43,44)4(27,28)8(35,36)16(54,55)56/q+1. The minimum atomic E-state index is -12.7. The second-order valence-corrected chi connectivity index (χ2v) is 11.7. The Balaban J connectivity index is 11.0. The van der Waals surface area contributed by atoms with Crippen molar-refractivity contribution in [3.05, 3.63) is 0 Å². The molecule has 45 heteroatoms. The van der Waals surface area contributed by atoms with Gasteiger partial charge in [-0.2, -0.15) is 158 Å². The maximum absolute atomic E-state index is 15.4. The van der Waals surface area contributed by atoms with Crippen LogP contribution < -0.4 is 0 Å². The van der Waals surface area contributed by atoms with Gasteiger partial charge in [0.1, 0.15) is 0 Å². The summed E-state index contributed by atoms with van der Waals surface area (Å²) in [6, 6.07) is -50.7. The number of hydrogen-bond acceptors (Lipinski definition) is 0. The molecule has 0 radical (unpaired) electrons. The summed E-state index contributed by atoms with van der Waals surface area (Å²) in [4.78, 5) is 0. The molecule has 65 heavy (non-hydrogen) atoms. The molecule has 0 fully saturated rings. The Morgan fingerprint density at radius 1 is 0.123 bits per heavy atom. The van der Waals surface area contributed by atoms with Gasteiger partial charge in [0.2, 0.25) is 0 Å². The van der Waals surface area contributed by atoms with Crippen LogP contribution in [0.5, 0.6) is 0 Å². The Morgan fingerprint density at radius 2 is 0.215 bits per heavy atom. The lowest BCUT2D eigenvalue weighted by atomic mass is 9.88. The molecule has 0 N–H and O–H groups in total. The van der Waals surface area contributed by atoms with E-state index in [4.69, 9.17) is 0 Å². The number of alkyl halides is 44. The maximum Gasteiger partial charge on any atom is 0.476 e. The molecule has 0 aromatic rings. The van der Waals surface area contributed by atoms with E-state index in [1.165, 1.54) is 0 Å². The van der Waals surface area contributed by atoms with E-state index in [0.717, 1.165) is 0 Å². The van der Waals surface area contributed by atoms with E-state index in [0.29, 0.717) is 0 Å². The summed E-state index contributed by atoms with van der Waals surface area (Å²) < 4.78 is 598. The first-order valence-electron chi connectivity index (χ1n) is 13.2. The van der Waals surface area contributed by atoms with Crippen molar-refractivity contribution >= 4 is 0 Å². The van der Waals surface area contributed by atoms with Crippen LogP contribution in [0.25, 0.3) is 0 Å². The minimum absolute atomic E-state index is 9.37. The Labute approximate surface area is 319 Å². The molecular weight excluding hydrogens is 1090 g/mol. The molecule has 0 spiro atoms. The third-order valence-corrected chi connectivity index (χ3v) is 7.77. The van der Waals surface area contributed by atoms with Gasteiger partial charge in [0.25, 0.3) is 0 Å². The molecule has 0 saturated heterocycles. The fraction of sp³-hybridized carbons (Fsp3) is 1.00. The topological polar surface area (TPSA) is 0 Å². The van der Waals surface area contributed by atoms with Crippen LogP contribution in [0.4, 0.5) is 193 Å². The maximum atomic E-state index is 15.4. The summed E-state index contributed by atoms with van der Waals surface area (Å²) in [6.45, 7) is 0. The van der Waals surface area contributed by atoms with Crippen molar-refractivity contribution in [1.82, 2.24) is 0 Å². The average Bonchev–Trinajstić information content (AvgIpc) is 3.01. The molecule has 0 aliphatic carbocycles. The molecule has 0 aliphatic rings. The van der Waals surface area contributed by atoms with Crippen LogP contribution in [0, 0.1) is 0 Å². The summed E-state index contributed by atoms with van der Waals surface area (Å²) in [6.07, 6.45) is -37.5. The summed E-state index contributed by atoms with van der Waals surface area (Å²) in [5, 5.41) is 0. The minimum Gasteiger partial charge on any atom is -0.192 e. The van der Waals surface area contributed by atoms with E-state index >= 15 is 35.1 Å². The molecule has 0 amide bonds. The molecule has 0 rings (SSSR count). The summed E-state index contributed by atoms with van der Waals surface area (Å²) in [5.74, 6) is -131. The van der Waals surface area contributed by atoms with Crippen molar-refractivity contribution in [2.45, 2.75) is 120 Å². The van der Waals surface area contributed by atoms with Gasteiger partial charge in [-0.3, -0.25) is 0 Å². The van der Waals surface area contributed by atoms with Crippen molar-refractivity contribution in [3.8, 4) is 0 Å². The SMILES string of the molecule is FC(F)(F)C(F)(F)C(F)(F)C(F)(F)C(F)(F)[N+](C(F)(F)C(F)(F)C(F)(F)C(F)(F)C(F)(F)F)(C(F)(F)C(F)(F)C(F)(F)C(F)(F)C(F)(F)F)C(F)(F)C(F)(F)C(F)(F)C(F)(F)C(F)(F)F. The molecule has 0 aromatic carbocycles. The van der Waals surface area contributed by atoms with E-state index in [-0.39, 0.29) is 0 Å². The highest BCUT2D eigenvalue weighted by atomic mass is 19.5. The monoisotopic (exact) mass is 1090 g/mol. The molecule has 0 bridgehead atoms. The molecule has 0 saturated carbocycles. The second kappa shape index (κ2) is 14.5. The summed E-state index contributed by atoms with van der Waals surface area (Å²) in [7, 11) is 0. The average molecular weight is 1090 g/mol. The molecule has 392 valence electrons. The number of rotatable bonds is 16. The zero-order valence-electron chi connectivity index (χ0n) is 27.1. The highest BCUT2D eigenvalue weighted by Gasteiger charge is 3.13. The first-order chi connectivity index (χ1) is 27.0. The van der Waals surface area contributed by atoms with Crippen LogP contribution in [-0.2, 0) is 0 Å². The van der Waals surface area contributed by atoms with Gasteiger partial charge in [0, 0.05) is 0 Å². The van der Waals surface area contributed by atoms with E-state index in [2.05, 4.69) is 0 Å². The van der Waals surface area contributed by atoms with Crippen molar-refractivity contribution in [3.63, 3.8) is 0 Å². The number of quaternary nitrogens is 1. The summed E-state index contributed by atoms with van der Waals surface area (Å²) >= 11 is 0. The van der Waals surface area contributed by atoms with Crippen molar-refractivity contribution in [2.24, 2.45) is 0 Å². The van der Waals surface area contributed by atoms with E-state index in [1.54, 1.807) is 0 Å². The van der Waals surface area contributed by atoms with Crippen molar-refractivity contribution < 1.29 is 198 Å². The normalized spacial score (nSPS) is 17.5. The van der Waals surface area contributed by atoms with Crippen molar-refractivity contribution in [2.75, 3.05) is 0 Å². The van der Waals surface area contributed by atoms with Crippen LogP contribution in [-0.4, -0.2) is 124 Å². The largest absolute Gasteiger partial charge is 0.476 e. The van der Waals surface area contributed by atoms with Crippen LogP contribution in [0.15, 0.2) is 0 Å². The predicted octanol–water partition coefficient (Wildman–Crippen LogP) is 14.0. The number of hydrogen-bond donors (Lipinski definition) is 0. The number of nitrogens with zero attached hydrogens (tertiary/aromatic N) is 1. The highest BCUT2D eigenvalue weighted by Crippen LogP contribution is 2.76. The van der Waals surface area contributed by atoms with E-state index < -0.39 is 124 Å². The van der Waals surface area contributed by atoms with Crippen LogP contribution >= 0.6 is 0 Å². The molecule has 1 nitrogen and oxygen atoms in total. The third kappa shape index (κ3) is 6.75. The molecule has 0 aromatic heterocycles. The van der Waals surface area contributed by atoms with Gasteiger partial charge in [-0.05, 0) is 0 Å². The quantitative estimate of drug-likeness (QED) is 0.0821. The summed E-state index contributed by atoms with van der Waals surface area (Å²) in [5.41, 5.74) is 0. The molecule has 0 unspecified atom stereocenters. The number of halogens is 44. The van der Waals surface area contributed by atoms with E-state index in [9.17, 15) is 158 Å². The first-order valence-corrected chi connectivity index (χ1v) is 13.2. The zero-order valence-corrected chi connectivity index (χ0v) is 27.1. The van der Waals surface area contributed by atoms with Gasteiger partial charge in [-0.1, -0.05) is 4.48 Å². The lowest BCUT2D eigenvalue weighted by molar-refractivity contribution is -1.21. The van der Waals surface area contributed by atoms with Gasteiger partial charge in [-0.15, -0.1) is 35.1 Å². The highest BCUT2D eigenvalue weighted by molar-refractivity contribution is 5.14. The first kappa shape index (κ1) is 61.9. The van der Waals surface area contributed by atoms with Gasteiger partial charge in [0.15, 0.2) is 0 Å². The smallest absolute Gasteiger partial charge is 0.192 e. The Kier molecular flexibility index (Phi) is 13.8. The lowest BCUT2D eigenvalue weighted by Gasteiger charge is -2.58. The van der Waals surface area contributed by atoms with Crippen LogP contribution in [0.3, 0.4) is 0 Å². The Bertz CT molecular complexity index is 1470. The fourth-order valence-corrected chi connectivity index (χ4v) is 4.16. The van der Waals surface area contributed by atoms with E-state index in [1.807, 2.05) is 0 Å². The van der Waals surface area contributed by atoms with Gasteiger partial charge in [0.05, 0.1) is 0 Å². The Morgan fingerprint density at radius 3 is 0.292 bits per heavy atom. The molecule has 0 atom stereocenters. The third-order valence-electron chi connectivity index (χ3n) is 7.77. The molecule has 0 aliphatic heterocycles. The van der Waals surface area contributed by atoms with Crippen molar-refractivity contribution in [1.29, 1.82) is 0 Å². The van der Waals surface area contributed by atoms with Gasteiger partial charge >= 0.3 is 120 Å². The van der Waals surface area contributed by atoms with Crippen LogP contribution in [0.1, 0.15) is 0 Å². The molecular formula is C20F44N+. The fourth-order valence-electron chi connectivity index (χ4n) is 4.16. The lowest BCUT2D eigenvalue weighted by Crippen LogP contribution is -2.97. The van der Waals surface area contributed by atoms with Crippen LogP contribution in [0.2, 0.25) is 0 Å². The second-order valence-electron chi connectivity index (χ2n) is 11.7. The zero-order chi connectivity index (χ0) is 54.5. The Hall–Kier alpha value is -3.12. The molecule has 0 heterocycles.